The summed E-state index contributed by atoms with van der Waals surface area (Å²) < 4.78 is 5.29. The lowest BCUT2D eigenvalue weighted by atomic mass is 10.2. The fourth-order valence-electron chi connectivity index (χ4n) is 3.13. The molecule has 0 saturated carbocycles. The number of aromatic amines is 1. The summed E-state index contributed by atoms with van der Waals surface area (Å²) in [4.78, 5) is 23.0. The van der Waals surface area contributed by atoms with Crippen LogP contribution in [0.4, 0.5) is 0 Å². The molecule has 3 heterocycles. The molecule has 1 aliphatic rings. The minimum Gasteiger partial charge on any atom is -0.461 e. The number of halogens is 1. The highest BCUT2D eigenvalue weighted by atomic mass is 127. The van der Waals surface area contributed by atoms with Gasteiger partial charge in [-0.25, -0.2) is 9.98 Å². The summed E-state index contributed by atoms with van der Waals surface area (Å²) in [6, 6.07) is 3.62. The lowest BCUT2D eigenvalue weighted by molar-refractivity contribution is -0.130. The summed E-state index contributed by atoms with van der Waals surface area (Å²) in [7, 11) is 0. The Balaban J connectivity index is 0.00000300. The largest absolute Gasteiger partial charge is 0.461 e. The van der Waals surface area contributed by atoms with Gasteiger partial charge in [-0.3, -0.25) is 9.89 Å². The minimum atomic E-state index is 0. The van der Waals surface area contributed by atoms with E-state index in [1.165, 1.54) is 0 Å². The molecule has 160 valence electrons. The summed E-state index contributed by atoms with van der Waals surface area (Å²) in [5.41, 5.74) is 0. The average molecular weight is 515 g/mol. The number of nitrogens with zero attached hydrogens (tertiary/aromatic N) is 4. The van der Waals surface area contributed by atoms with Gasteiger partial charge in [-0.1, -0.05) is 6.42 Å². The van der Waals surface area contributed by atoms with Crippen LogP contribution < -0.4 is 10.6 Å². The van der Waals surface area contributed by atoms with E-state index in [4.69, 9.17) is 4.42 Å². The molecule has 0 bridgehead atoms. The molecule has 9 nitrogen and oxygen atoms in total. The number of furan rings is 1. The maximum Gasteiger partial charge on any atom is 0.222 e. The second kappa shape index (κ2) is 12.5. The monoisotopic (exact) mass is 515 g/mol. The van der Waals surface area contributed by atoms with Crippen molar-refractivity contribution in [1.82, 2.24) is 30.7 Å². The van der Waals surface area contributed by atoms with Crippen LogP contribution >= 0.6 is 24.0 Å². The first-order chi connectivity index (χ1) is 13.8. The molecule has 29 heavy (non-hydrogen) atoms. The van der Waals surface area contributed by atoms with Crippen molar-refractivity contribution < 1.29 is 9.21 Å². The second-order valence-electron chi connectivity index (χ2n) is 6.75. The molecule has 10 heteroatoms. The lowest BCUT2D eigenvalue weighted by Gasteiger charge is -2.20. The van der Waals surface area contributed by atoms with Crippen LogP contribution in [-0.2, 0) is 11.3 Å². The zero-order chi connectivity index (χ0) is 19.6. The van der Waals surface area contributed by atoms with Crippen LogP contribution in [0.5, 0.6) is 0 Å². The van der Waals surface area contributed by atoms with E-state index in [-0.39, 0.29) is 29.9 Å². The molecule has 1 amide bonds. The average Bonchev–Trinajstić information content (AvgIpc) is 3.35. The molecular formula is C19H30IN7O2. The molecule has 1 aliphatic heterocycles. The molecule has 1 fully saturated rings. The Morgan fingerprint density at radius 3 is 3.03 bits per heavy atom. The standard InChI is InChI=1S/C19H29N7O2.HI/c1-2-20-19(21-10-7-12-26-11-5-3-4-9-17(26)27)22-14-16-23-18(25-24-16)15-8-6-13-28-15;/h6,8,13H,2-5,7,9-12,14H2,1H3,(H2,20,21,22)(H,23,24,25);1H. The van der Waals surface area contributed by atoms with Crippen molar-refractivity contribution in [3.05, 3.63) is 24.2 Å². The topological polar surface area (TPSA) is 111 Å². The molecule has 3 N–H and O–H groups in total. The van der Waals surface area contributed by atoms with Gasteiger partial charge in [0.15, 0.2) is 11.7 Å². The molecular weight excluding hydrogens is 485 g/mol. The Hall–Kier alpha value is -2.11. The fraction of sp³-hybridized carbons (Fsp3) is 0.579. The molecule has 0 aliphatic carbocycles. The molecule has 3 rings (SSSR count). The molecule has 0 radical (unpaired) electrons. The first-order valence-electron chi connectivity index (χ1n) is 10.0. The SMILES string of the molecule is CCNC(=NCc1nc(-c2ccco2)n[nH]1)NCCCN1CCCCCC1=O.I. The van der Waals surface area contributed by atoms with Crippen molar-refractivity contribution in [2.45, 2.75) is 45.6 Å². The Morgan fingerprint density at radius 1 is 1.34 bits per heavy atom. The summed E-state index contributed by atoms with van der Waals surface area (Å²) in [5.74, 6) is 2.82. The van der Waals surface area contributed by atoms with E-state index in [0.717, 1.165) is 57.8 Å². The number of carbonyl (C=O) groups is 1. The number of rotatable bonds is 8. The number of carbonyl (C=O) groups excluding carboxylic acids is 1. The number of amides is 1. The van der Waals surface area contributed by atoms with Crippen molar-refractivity contribution in [2.24, 2.45) is 4.99 Å². The van der Waals surface area contributed by atoms with Crippen molar-refractivity contribution in [1.29, 1.82) is 0 Å². The van der Waals surface area contributed by atoms with Gasteiger partial charge in [0.25, 0.3) is 0 Å². The number of aromatic nitrogens is 3. The van der Waals surface area contributed by atoms with Gasteiger partial charge in [-0.15, -0.1) is 29.1 Å². The van der Waals surface area contributed by atoms with E-state index in [9.17, 15) is 4.79 Å². The van der Waals surface area contributed by atoms with Crippen LogP contribution in [0.15, 0.2) is 27.8 Å². The first-order valence-corrected chi connectivity index (χ1v) is 10.0. The van der Waals surface area contributed by atoms with Crippen molar-refractivity contribution in [3.8, 4) is 11.6 Å². The van der Waals surface area contributed by atoms with Gasteiger partial charge in [0.05, 0.1) is 6.26 Å². The van der Waals surface area contributed by atoms with Gasteiger partial charge in [0.1, 0.15) is 12.4 Å². The maximum absolute atomic E-state index is 12.0. The van der Waals surface area contributed by atoms with E-state index >= 15 is 0 Å². The van der Waals surface area contributed by atoms with Gasteiger partial charge < -0.3 is 20.0 Å². The number of H-pyrrole nitrogens is 1. The van der Waals surface area contributed by atoms with Gasteiger partial charge in [0, 0.05) is 32.6 Å². The zero-order valence-electron chi connectivity index (χ0n) is 16.8. The Labute approximate surface area is 188 Å². The first kappa shape index (κ1) is 23.2. The third kappa shape index (κ3) is 7.33. The number of aliphatic imine (C=N–C) groups is 1. The van der Waals surface area contributed by atoms with Gasteiger partial charge in [-0.2, -0.15) is 0 Å². The van der Waals surface area contributed by atoms with Crippen LogP contribution in [0.1, 0.15) is 44.9 Å². The fourth-order valence-corrected chi connectivity index (χ4v) is 3.13. The quantitative estimate of drug-likeness (QED) is 0.216. The second-order valence-corrected chi connectivity index (χ2v) is 6.75. The van der Waals surface area contributed by atoms with E-state index in [2.05, 4.69) is 30.8 Å². The molecule has 0 atom stereocenters. The van der Waals surface area contributed by atoms with Crippen molar-refractivity contribution >= 4 is 35.8 Å². The smallest absolute Gasteiger partial charge is 0.222 e. The van der Waals surface area contributed by atoms with Crippen LogP contribution in [0.3, 0.4) is 0 Å². The predicted octanol–water partition coefficient (Wildman–Crippen LogP) is 2.53. The zero-order valence-corrected chi connectivity index (χ0v) is 19.1. The van der Waals surface area contributed by atoms with E-state index in [1.807, 2.05) is 17.9 Å². The molecule has 2 aromatic heterocycles. The third-order valence-electron chi connectivity index (χ3n) is 4.57. The number of nitrogens with one attached hydrogen (secondary N) is 3. The van der Waals surface area contributed by atoms with Crippen LogP contribution in [0.25, 0.3) is 11.6 Å². The van der Waals surface area contributed by atoms with Gasteiger partial charge in [-0.05, 0) is 38.3 Å². The van der Waals surface area contributed by atoms with E-state index in [0.29, 0.717) is 30.4 Å². The Kier molecular flexibility index (Phi) is 9.95. The minimum absolute atomic E-state index is 0. The molecule has 0 spiro atoms. The summed E-state index contributed by atoms with van der Waals surface area (Å²) in [6.07, 6.45) is 6.46. The van der Waals surface area contributed by atoms with Crippen LogP contribution in [0.2, 0.25) is 0 Å². The molecule has 0 aromatic carbocycles. The Bertz CT molecular complexity index is 760. The Morgan fingerprint density at radius 2 is 2.24 bits per heavy atom. The van der Waals surface area contributed by atoms with E-state index < -0.39 is 0 Å². The maximum atomic E-state index is 12.0. The highest BCUT2D eigenvalue weighted by molar-refractivity contribution is 14.0. The lowest BCUT2D eigenvalue weighted by Crippen LogP contribution is -2.39. The molecule has 0 unspecified atom stereocenters. The van der Waals surface area contributed by atoms with Gasteiger partial charge >= 0.3 is 0 Å². The molecule has 1 saturated heterocycles. The van der Waals surface area contributed by atoms with E-state index in [1.54, 1.807) is 12.3 Å². The van der Waals surface area contributed by atoms with Gasteiger partial charge in [0.2, 0.25) is 11.7 Å². The predicted molar refractivity (Wildman–Crippen MR) is 122 cm³/mol. The summed E-state index contributed by atoms with van der Waals surface area (Å²) in [6.45, 7) is 5.61. The van der Waals surface area contributed by atoms with Crippen molar-refractivity contribution in [2.75, 3.05) is 26.2 Å². The highest BCUT2D eigenvalue weighted by Gasteiger charge is 2.15. The third-order valence-corrected chi connectivity index (χ3v) is 4.57. The summed E-state index contributed by atoms with van der Waals surface area (Å²) >= 11 is 0. The van der Waals surface area contributed by atoms with Crippen molar-refractivity contribution in [3.63, 3.8) is 0 Å². The summed E-state index contributed by atoms with van der Waals surface area (Å²) in [5, 5.41) is 13.6. The van der Waals surface area contributed by atoms with Crippen LogP contribution in [-0.4, -0.2) is 58.1 Å². The highest BCUT2D eigenvalue weighted by Crippen LogP contribution is 2.14. The van der Waals surface area contributed by atoms with Crippen LogP contribution in [0, 0.1) is 0 Å². The normalized spacial score (nSPS) is 15.0. The number of guanidine groups is 1. The number of hydrogen-bond acceptors (Lipinski definition) is 5. The molecule has 2 aromatic rings. The number of hydrogen-bond donors (Lipinski definition) is 3. The number of likely N-dealkylation sites (tertiary alicyclic amines) is 1.